The predicted octanol–water partition coefficient (Wildman–Crippen LogP) is 1.63. The molecule has 0 aliphatic carbocycles. The van der Waals surface area contributed by atoms with Crippen LogP contribution in [0, 0.1) is 6.92 Å². The molecule has 0 saturated carbocycles. The molecule has 1 aromatic rings. The molecule has 2 unspecified atom stereocenters. The van der Waals surface area contributed by atoms with Gasteiger partial charge in [-0.2, -0.15) is 0 Å². The first-order chi connectivity index (χ1) is 7.43. The number of benzene rings is 1. The molecule has 1 rings (SSSR count). The van der Waals surface area contributed by atoms with Gasteiger partial charge in [0.25, 0.3) is 0 Å². The van der Waals surface area contributed by atoms with E-state index >= 15 is 0 Å². The molecule has 0 saturated heterocycles. The van der Waals surface area contributed by atoms with Gasteiger partial charge in [0.1, 0.15) is 6.10 Å². The largest absolute Gasteiger partial charge is 0.481 e. The highest BCUT2D eigenvalue weighted by Gasteiger charge is 2.22. The van der Waals surface area contributed by atoms with Crippen molar-refractivity contribution in [3.8, 4) is 0 Å². The molecule has 0 radical (unpaired) electrons. The Morgan fingerprint density at radius 2 is 2.06 bits per heavy atom. The molecule has 4 nitrogen and oxygen atoms in total. The van der Waals surface area contributed by atoms with E-state index in [0.29, 0.717) is 5.56 Å². The maximum absolute atomic E-state index is 10.4. The first kappa shape index (κ1) is 13.2. The van der Waals surface area contributed by atoms with Crippen LogP contribution >= 0.6 is 15.9 Å². The van der Waals surface area contributed by atoms with E-state index in [4.69, 9.17) is 5.11 Å². The monoisotopic (exact) mass is 288 g/mol. The molecule has 0 amide bonds. The van der Waals surface area contributed by atoms with Crippen LogP contribution in [0.2, 0.25) is 0 Å². The maximum Gasteiger partial charge on any atom is 0.306 e. The third kappa shape index (κ3) is 3.04. The lowest BCUT2D eigenvalue weighted by Crippen LogP contribution is -2.22. The van der Waals surface area contributed by atoms with Crippen molar-refractivity contribution < 1.29 is 20.1 Å². The fourth-order valence-electron chi connectivity index (χ4n) is 1.44. The van der Waals surface area contributed by atoms with Gasteiger partial charge in [0.2, 0.25) is 0 Å². The van der Waals surface area contributed by atoms with E-state index in [-0.39, 0.29) is 0 Å². The van der Waals surface area contributed by atoms with Gasteiger partial charge in [-0.25, -0.2) is 0 Å². The zero-order valence-corrected chi connectivity index (χ0v) is 10.3. The Kier molecular flexibility index (Phi) is 4.46. The molecule has 0 aliphatic rings. The topological polar surface area (TPSA) is 77.8 Å². The molecule has 16 heavy (non-hydrogen) atoms. The molecule has 0 aliphatic heterocycles. The summed E-state index contributed by atoms with van der Waals surface area (Å²) < 4.78 is 0.812. The van der Waals surface area contributed by atoms with Crippen molar-refractivity contribution in [2.75, 3.05) is 0 Å². The van der Waals surface area contributed by atoms with Crippen molar-refractivity contribution in [1.82, 2.24) is 0 Å². The van der Waals surface area contributed by atoms with Crippen LogP contribution in [0.5, 0.6) is 0 Å². The second-order valence-corrected chi connectivity index (χ2v) is 4.42. The summed E-state index contributed by atoms with van der Waals surface area (Å²) in [5.41, 5.74) is 1.32. The van der Waals surface area contributed by atoms with Crippen LogP contribution in [0.15, 0.2) is 22.7 Å². The van der Waals surface area contributed by atoms with E-state index in [1.54, 1.807) is 19.1 Å². The number of hydrogen-bond acceptors (Lipinski definition) is 3. The predicted molar refractivity (Wildman–Crippen MR) is 62.1 cm³/mol. The van der Waals surface area contributed by atoms with Crippen LogP contribution in [0.4, 0.5) is 0 Å². The number of aliphatic hydroxyl groups is 2. The van der Waals surface area contributed by atoms with E-state index in [1.165, 1.54) is 0 Å². The van der Waals surface area contributed by atoms with Crippen molar-refractivity contribution in [2.45, 2.75) is 25.6 Å². The van der Waals surface area contributed by atoms with Gasteiger partial charge in [-0.3, -0.25) is 4.79 Å². The lowest BCUT2D eigenvalue weighted by molar-refractivity contribution is -0.141. The molecule has 0 spiro atoms. The molecular formula is C11H13BrO4. The van der Waals surface area contributed by atoms with Gasteiger partial charge in [0, 0.05) is 4.47 Å². The summed E-state index contributed by atoms with van der Waals surface area (Å²) in [6.07, 6.45) is -2.97. The van der Waals surface area contributed by atoms with E-state index in [9.17, 15) is 15.0 Å². The minimum absolute atomic E-state index is 0.479. The molecule has 88 valence electrons. The molecule has 0 aromatic heterocycles. The molecule has 0 fully saturated rings. The van der Waals surface area contributed by atoms with Gasteiger partial charge < -0.3 is 15.3 Å². The second-order valence-electron chi connectivity index (χ2n) is 3.56. The number of halogens is 1. The van der Waals surface area contributed by atoms with Gasteiger partial charge >= 0.3 is 5.97 Å². The lowest BCUT2D eigenvalue weighted by Gasteiger charge is -2.19. The molecule has 2 atom stereocenters. The Labute approximate surface area is 102 Å². The molecule has 1 aromatic carbocycles. The number of aliphatic hydroxyl groups excluding tert-OH is 2. The zero-order valence-electron chi connectivity index (χ0n) is 8.72. The Morgan fingerprint density at radius 3 is 2.62 bits per heavy atom. The smallest absolute Gasteiger partial charge is 0.306 e. The van der Waals surface area contributed by atoms with E-state index < -0.39 is 24.6 Å². The van der Waals surface area contributed by atoms with Crippen LogP contribution in [0.1, 0.15) is 23.7 Å². The van der Waals surface area contributed by atoms with Crippen molar-refractivity contribution in [1.29, 1.82) is 0 Å². The van der Waals surface area contributed by atoms with Gasteiger partial charge in [0.05, 0.1) is 12.5 Å². The number of rotatable bonds is 4. The highest BCUT2D eigenvalue weighted by molar-refractivity contribution is 9.10. The molecule has 5 heteroatoms. The average molecular weight is 289 g/mol. The van der Waals surface area contributed by atoms with Crippen LogP contribution in [-0.4, -0.2) is 27.4 Å². The maximum atomic E-state index is 10.4. The van der Waals surface area contributed by atoms with Crippen LogP contribution < -0.4 is 0 Å². The fraction of sp³-hybridized carbons (Fsp3) is 0.364. The van der Waals surface area contributed by atoms with Crippen molar-refractivity contribution >= 4 is 21.9 Å². The van der Waals surface area contributed by atoms with Gasteiger partial charge in [-0.15, -0.1) is 0 Å². The Bertz CT molecular complexity index is 392. The summed E-state index contributed by atoms with van der Waals surface area (Å²) >= 11 is 3.31. The SMILES string of the molecule is Cc1c(Br)cccc1C(O)C(O)CC(=O)O. The summed E-state index contributed by atoms with van der Waals surface area (Å²) in [4.78, 5) is 10.4. The Hall–Kier alpha value is -0.910. The van der Waals surface area contributed by atoms with E-state index in [1.807, 2.05) is 6.07 Å². The summed E-state index contributed by atoms with van der Waals surface area (Å²) in [5.74, 6) is -1.14. The van der Waals surface area contributed by atoms with Crippen LogP contribution in [-0.2, 0) is 4.79 Å². The molecule has 0 bridgehead atoms. The van der Waals surface area contributed by atoms with E-state index in [0.717, 1.165) is 10.0 Å². The quantitative estimate of drug-likeness (QED) is 0.787. The average Bonchev–Trinajstić information content (AvgIpc) is 2.20. The standard InChI is InChI=1S/C11H13BrO4/c1-6-7(3-2-4-8(6)12)11(16)9(13)5-10(14)15/h2-4,9,11,13,16H,5H2,1H3,(H,14,15). The van der Waals surface area contributed by atoms with Crippen molar-refractivity contribution in [3.05, 3.63) is 33.8 Å². The lowest BCUT2D eigenvalue weighted by atomic mass is 9.98. The minimum atomic E-state index is -1.30. The third-order valence-electron chi connectivity index (χ3n) is 2.38. The number of carboxylic acid groups (broad SMARTS) is 1. The van der Waals surface area contributed by atoms with Crippen molar-refractivity contribution in [2.24, 2.45) is 0 Å². The summed E-state index contributed by atoms with van der Waals surface area (Å²) in [6, 6.07) is 5.20. The normalized spacial score (nSPS) is 14.5. The highest BCUT2D eigenvalue weighted by Crippen LogP contribution is 2.27. The summed E-state index contributed by atoms with van der Waals surface area (Å²) in [6.45, 7) is 1.79. The first-order valence-electron chi connectivity index (χ1n) is 4.76. The van der Waals surface area contributed by atoms with E-state index in [2.05, 4.69) is 15.9 Å². The zero-order chi connectivity index (χ0) is 12.3. The Morgan fingerprint density at radius 1 is 1.44 bits per heavy atom. The molecule has 0 heterocycles. The summed E-state index contributed by atoms with van der Waals surface area (Å²) in [7, 11) is 0. The van der Waals surface area contributed by atoms with Crippen LogP contribution in [0.3, 0.4) is 0 Å². The molecular weight excluding hydrogens is 276 g/mol. The molecule has 3 N–H and O–H groups in total. The van der Waals surface area contributed by atoms with Gasteiger partial charge in [-0.1, -0.05) is 28.1 Å². The van der Waals surface area contributed by atoms with Gasteiger partial charge in [-0.05, 0) is 24.1 Å². The number of hydrogen-bond donors (Lipinski definition) is 3. The Balaban J connectivity index is 2.91. The van der Waals surface area contributed by atoms with Crippen molar-refractivity contribution in [3.63, 3.8) is 0 Å². The summed E-state index contributed by atoms with van der Waals surface area (Å²) in [5, 5.41) is 27.8. The minimum Gasteiger partial charge on any atom is -0.481 e. The third-order valence-corrected chi connectivity index (χ3v) is 3.24. The van der Waals surface area contributed by atoms with Crippen LogP contribution in [0.25, 0.3) is 0 Å². The first-order valence-corrected chi connectivity index (χ1v) is 5.55. The fourth-order valence-corrected chi connectivity index (χ4v) is 1.82. The number of carboxylic acids is 1. The highest BCUT2D eigenvalue weighted by atomic mass is 79.9. The number of aliphatic carboxylic acids is 1. The number of carbonyl (C=O) groups is 1. The second kappa shape index (κ2) is 5.43. The van der Waals surface area contributed by atoms with Gasteiger partial charge in [0.15, 0.2) is 0 Å².